The summed E-state index contributed by atoms with van der Waals surface area (Å²) in [5.41, 5.74) is 0.332. The van der Waals surface area contributed by atoms with Gasteiger partial charge in [0.1, 0.15) is 4.88 Å². The fraction of sp³-hybridized carbons (Fsp3) is 0.294. The lowest BCUT2D eigenvalue weighted by Gasteiger charge is -2.18. The minimum atomic E-state index is -3.56. The monoisotopic (exact) mass is 396 g/mol. The number of sulfonamides is 1. The summed E-state index contributed by atoms with van der Waals surface area (Å²) in [5.74, 6) is -1.36. The number of nitrogens with one attached hydrogen (secondary N) is 1. The van der Waals surface area contributed by atoms with Gasteiger partial charge in [0.2, 0.25) is 10.0 Å². The van der Waals surface area contributed by atoms with Crippen LogP contribution in [-0.4, -0.2) is 42.8 Å². The van der Waals surface area contributed by atoms with Crippen molar-refractivity contribution in [2.24, 2.45) is 0 Å². The first-order valence-electron chi connectivity index (χ1n) is 8.00. The standard InChI is InChI=1S/C17H20N2O5S2/c1-3-19(4-2)26(23,24)14-8-5-12(6-9-14)16(20)18-11-13-7-10-15(25-13)17(21)22/h5-10H,3-4,11H2,1-2H3,(H,18,20)(H,21,22). The topological polar surface area (TPSA) is 104 Å². The Morgan fingerprint density at radius 1 is 1.08 bits per heavy atom. The zero-order chi connectivity index (χ0) is 19.3. The molecular weight excluding hydrogens is 376 g/mol. The molecule has 2 aromatic rings. The number of carbonyl (C=O) groups excluding carboxylic acids is 1. The van der Waals surface area contributed by atoms with Crippen molar-refractivity contribution in [3.05, 3.63) is 51.7 Å². The first-order chi connectivity index (χ1) is 12.3. The van der Waals surface area contributed by atoms with E-state index in [1.165, 1.54) is 34.6 Å². The van der Waals surface area contributed by atoms with Gasteiger partial charge in [-0.25, -0.2) is 13.2 Å². The van der Waals surface area contributed by atoms with E-state index in [0.717, 1.165) is 16.2 Å². The molecule has 0 radical (unpaired) electrons. The number of aromatic carboxylic acids is 1. The maximum absolute atomic E-state index is 12.4. The van der Waals surface area contributed by atoms with Crippen LogP contribution in [-0.2, 0) is 16.6 Å². The maximum Gasteiger partial charge on any atom is 0.345 e. The molecule has 0 bridgehead atoms. The number of carboxylic acid groups (broad SMARTS) is 1. The van der Waals surface area contributed by atoms with Crippen molar-refractivity contribution in [3.8, 4) is 0 Å². The molecule has 2 N–H and O–H groups in total. The number of nitrogens with zero attached hydrogens (tertiary/aromatic N) is 1. The number of carboxylic acids is 1. The first kappa shape index (κ1) is 20.1. The number of rotatable bonds is 8. The van der Waals surface area contributed by atoms with E-state index in [4.69, 9.17) is 5.11 Å². The van der Waals surface area contributed by atoms with Crippen molar-refractivity contribution in [1.29, 1.82) is 0 Å². The first-order valence-corrected chi connectivity index (χ1v) is 10.3. The van der Waals surface area contributed by atoms with E-state index in [-0.39, 0.29) is 22.2 Å². The van der Waals surface area contributed by atoms with Gasteiger partial charge in [0.25, 0.3) is 5.91 Å². The molecule has 0 aliphatic rings. The lowest BCUT2D eigenvalue weighted by atomic mass is 10.2. The van der Waals surface area contributed by atoms with Crippen LogP contribution >= 0.6 is 11.3 Å². The van der Waals surface area contributed by atoms with Gasteiger partial charge in [0, 0.05) is 23.5 Å². The van der Waals surface area contributed by atoms with Crippen LogP contribution in [0, 0.1) is 0 Å². The van der Waals surface area contributed by atoms with Crippen LogP contribution in [0.2, 0.25) is 0 Å². The Kier molecular flexibility index (Phi) is 6.52. The largest absolute Gasteiger partial charge is 0.477 e. The summed E-state index contributed by atoms with van der Waals surface area (Å²) in [6, 6.07) is 8.88. The molecule has 0 aliphatic carbocycles. The number of carbonyl (C=O) groups is 2. The van der Waals surface area contributed by atoms with Crippen LogP contribution in [0.1, 0.15) is 38.8 Å². The SMILES string of the molecule is CCN(CC)S(=O)(=O)c1ccc(C(=O)NCc2ccc(C(=O)O)s2)cc1. The molecular formula is C17H20N2O5S2. The van der Waals surface area contributed by atoms with Crippen molar-refractivity contribution in [3.63, 3.8) is 0 Å². The third-order valence-electron chi connectivity index (χ3n) is 3.76. The van der Waals surface area contributed by atoms with Crippen LogP contribution in [0.5, 0.6) is 0 Å². The van der Waals surface area contributed by atoms with Gasteiger partial charge in [-0.1, -0.05) is 13.8 Å². The summed E-state index contributed by atoms with van der Waals surface area (Å²) in [6.07, 6.45) is 0. The van der Waals surface area contributed by atoms with Crippen LogP contribution in [0.15, 0.2) is 41.3 Å². The molecule has 9 heteroatoms. The highest BCUT2D eigenvalue weighted by Gasteiger charge is 2.21. The maximum atomic E-state index is 12.4. The number of benzene rings is 1. The predicted molar refractivity (Wildman–Crippen MR) is 99.0 cm³/mol. The van der Waals surface area contributed by atoms with Gasteiger partial charge in [0.15, 0.2) is 0 Å². The van der Waals surface area contributed by atoms with E-state index >= 15 is 0 Å². The molecule has 0 spiro atoms. The quantitative estimate of drug-likeness (QED) is 0.713. The zero-order valence-electron chi connectivity index (χ0n) is 14.4. The molecule has 0 fully saturated rings. The van der Waals surface area contributed by atoms with E-state index in [9.17, 15) is 18.0 Å². The fourth-order valence-corrected chi connectivity index (χ4v) is 4.59. The van der Waals surface area contributed by atoms with Gasteiger partial charge in [-0.05, 0) is 36.4 Å². The molecule has 0 aliphatic heterocycles. The second-order valence-electron chi connectivity index (χ2n) is 5.37. The predicted octanol–water partition coefficient (Wildman–Crippen LogP) is 2.41. The van der Waals surface area contributed by atoms with Gasteiger partial charge in [-0.3, -0.25) is 4.79 Å². The van der Waals surface area contributed by atoms with E-state index in [1.54, 1.807) is 19.9 Å². The van der Waals surface area contributed by atoms with Crippen molar-refractivity contribution < 1.29 is 23.1 Å². The Morgan fingerprint density at radius 3 is 2.19 bits per heavy atom. The molecule has 7 nitrogen and oxygen atoms in total. The van der Waals surface area contributed by atoms with Crippen molar-refractivity contribution in [2.75, 3.05) is 13.1 Å². The normalized spacial score (nSPS) is 11.5. The summed E-state index contributed by atoms with van der Waals surface area (Å²) in [5, 5.41) is 11.6. The average molecular weight is 396 g/mol. The summed E-state index contributed by atoms with van der Waals surface area (Å²) in [4.78, 5) is 24.1. The van der Waals surface area contributed by atoms with Crippen LogP contribution in [0.4, 0.5) is 0 Å². The molecule has 26 heavy (non-hydrogen) atoms. The number of thiophene rings is 1. The van der Waals surface area contributed by atoms with E-state index in [0.29, 0.717) is 18.7 Å². The number of hydrogen-bond acceptors (Lipinski definition) is 5. The highest BCUT2D eigenvalue weighted by molar-refractivity contribution is 7.89. The van der Waals surface area contributed by atoms with Gasteiger partial charge in [-0.2, -0.15) is 4.31 Å². The van der Waals surface area contributed by atoms with Crippen LogP contribution in [0.3, 0.4) is 0 Å². The Hall–Kier alpha value is -2.23. The zero-order valence-corrected chi connectivity index (χ0v) is 16.1. The molecule has 1 amide bonds. The average Bonchev–Trinajstić information content (AvgIpc) is 3.10. The molecule has 0 unspecified atom stereocenters. The second-order valence-corrected chi connectivity index (χ2v) is 8.47. The Labute approximate surface area is 156 Å². The molecule has 1 aromatic heterocycles. The molecule has 1 aromatic carbocycles. The third kappa shape index (κ3) is 4.48. The molecule has 140 valence electrons. The van der Waals surface area contributed by atoms with Gasteiger partial charge in [-0.15, -0.1) is 11.3 Å². The lowest BCUT2D eigenvalue weighted by molar-refractivity contribution is 0.0702. The van der Waals surface area contributed by atoms with Gasteiger partial charge in [0.05, 0.1) is 11.4 Å². The highest BCUT2D eigenvalue weighted by atomic mass is 32.2. The van der Waals surface area contributed by atoms with Crippen molar-refractivity contribution in [2.45, 2.75) is 25.3 Å². The summed E-state index contributed by atoms with van der Waals surface area (Å²) in [6.45, 7) is 4.49. The molecule has 2 rings (SSSR count). The van der Waals surface area contributed by atoms with E-state index in [1.807, 2.05) is 0 Å². The minimum absolute atomic E-state index is 0.141. The number of hydrogen-bond donors (Lipinski definition) is 2. The molecule has 1 heterocycles. The Balaban J connectivity index is 2.05. The molecule has 0 atom stereocenters. The third-order valence-corrected chi connectivity index (χ3v) is 6.89. The lowest BCUT2D eigenvalue weighted by Crippen LogP contribution is -2.30. The van der Waals surface area contributed by atoms with E-state index in [2.05, 4.69) is 5.32 Å². The fourth-order valence-electron chi connectivity index (χ4n) is 2.35. The van der Waals surface area contributed by atoms with Gasteiger partial charge >= 0.3 is 5.97 Å². The second kappa shape index (κ2) is 8.43. The Bertz CT molecular complexity index is 884. The molecule has 0 saturated carbocycles. The van der Waals surface area contributed by atoms with E-state index < -0.39 is 16.0 Å². The smallest absolute Gasteiger partial charge is 0.345 e. The van der Waals surface area contributed by atoms with Crippen LogP contribution in [0.25, 0.3) is 0 Å². The van der Waals surface area contributed by atoms with Crippen molar-refractivity contribution in [1.82, 2.24) is 9.62 Å². The minimum Gasteiger partial charge on any atom is -0.477 e. The summed E-state index contributed by atoms with van der Waals surface area (Å²) >= 11 is 1.09. The highest BCUT2D eigenvalue weighted by Crippen LogP contribution is 2.18. The summed E-state index contributed by atoms with van der Waals surface area (Å²) in [7, 11) is -3.56. The van der Waals surface area contributed by atoms with Crippen LogP contribution < -0.4 is 5.32 Å². The molecule has 0 saturated heterocycles. The number of amides is 1. The van der Waals surface area contributed by atoms with Gasteiger partial charge < -0.3 is 10.4 Å². The Morgan fingerprint density at radius 2 is 1.69 bits per heavy atom. The summed E-state index contributed by atoms with van der Waals surface area (Å²) < 4.78 is 26.2. The van der Waals surface area contributed by atoms with Crippen molar-refractivity contribution >= 4 is 33.2 Å².